The summed E-state index contributed by atoms with van der Waals surface area (Å²) in [6.07, 6.45) is 9.01. The van der Waals surface area contributed by atoms with Crippen molar-refractivity contribution in [1.29, 1.82) is 0 Å². The molecule has 3 heteroatoms. The first kappa shape index (κ1) is 12.8. The van der Waals surface area contributed by atoms with Gasteiger partial charge < -0.3 is 4.74 Å². The second-order valence-corrected chi connectivity index (χ2v) is 5.95. The Hall–Kier alpha value is 0.400. The number of hydrogen-bond donors (Lipinski definition) is 0. The Balaban J connectivity index is 1.85. The molecule has 0 spiro atoms. The van der Waals surface area contributed by atoms with Gasteiger partial charge in [-0.15, -0.1) is 0 Å². The van der Waals surface area contributed by atoms with E-state index in [-0.39, 0.29) is 0 Å². The van der Waals surface area contributed by atoms with Gasteiger partial charge in [0.05, 0.1) is 12.2 Å². The second kappa shape index (κ2) is 6.36. The molecule has 2 saturated heterocycles. The van der Waals surface area contributed by atoms with Crippen LogP contribution < -0.4 is 0 Å². The van der Waals surface area contributed by atoms with Crippen molar-refractivity contribution in [2.24, 2.45) is 0 Å². The monoisotopic (exact) mass is 289 g/mol. The average molecular weight is 290 g/mol. The summed E-state index contributed by atoms with van der Waals surface area (Å²) in [5.74, 6) is 0. The van der Waals surface area contributed by atoms with Crippen molar-refractivity contribution in [3.05, 3.63) is 0 Å². The number of alkyl halides is 1. The highest BCUT2D eigenvalue weighted by Gasteiger charge is 2.27. The van der Waals surface area contributed by atoms with Crippen molar-refractivity contribution < 1.29 is 4.74 Å². The third-order valence-electron chi connectivity index (χ3n) is 3.94. The lowest BCUT2D eigenvalue weighted by atomic mass is 10.1. The zero-order valence-corrected chi connectivity index (χ0v) is 11.9. The molecule has 2 aliphatic heterocycles. The molecule has 2 heterocycles. The number of nitrogens with zero attached hydrogens (tertiary/aromatic N) is 1. The number of likely N-dealkylation sites (tertiary alicyclic amines) is 1. The van der Waals surface area contributed by atoms with Gasteiger partial charge in [-0.3, -0.25) is 4.90 Å². The summed E-state index contributed by atoms with van der Waals surface area (Å²) in [5, 5.41) is 1.12. The first-order valence-electron chi connectivity index (χ1n) is 6.75. The van der Waals surface area contributed by atoms with E-state index in [1.54, 1.807) is 0 Å². The lowest BCUT2D eigenvalue weighted by Crippen LogP contribution is -2.41. The standard InChI is InChI=1S/C13H24BrNO/c1-11-6-7-13(16-11)10-15-8-4-2-3-5-12(15)9-14/h11-13H,2-10H2,1H3. The Kier molecular flexibility index (Phi) is 5.11. The maximum atomic E-state index is 5.94. The van der Waals surface area contributed by atoms with E-state index in [0.717, 1.165) is 17.9 Å². The van der Waals surface area contributed by atoms with E-state index < -0.39 is 0 Å². The molecule has 0 aromatic heterocycles. The van der Waals surface area contributed by atoms with Gasteiger partial charge in [0.2, 0.25) is 0 Å². The highest BCUT2D eigenvalue weighted by Crippen LogP contribution is 2.24. The van der Waals surface area contributed by atoms with E-state index in [1.165, 1.54) is 45.1 Å². The Morgan fingerprint density at radius 2 is 2.06 bits per heavy atom. The van der Waals surface area contributed by atoms with Crippen LogP contribution in [0.3, 0.4) is 0 Å². The molecule has 16 heavy (non-hydrogen) atoms. The summed E-state index contributed by atoms with van der Waals surface area (Å²) >= 11 is 3.66. The summed E-state index contributed by atoms with van der Waals surface area (Å²) < 4.78 is 5.94. The molecule has 0 saturated carbocycles. The summed E-state index contributed by atoms with van der Waals surface area (Å²) in [6, 6.07) is 0.738. The van der Waals surface area contributed by atoms with Crippen LogP contribution in [0.1, 0.15) is 45.4 Å². The normalized spacial score (nSPS) is 37.5. The minimum absolute atomic E-state index is 0.486. The predicted octanol–water partition coefficient (Wildman–Crippen LogP) is 3.19. The van der Waals surface area contributed by atoms with Gasteiger partial charge in [-0.25, -0.2) is 0 Å². The molecule has 2 aliphatic rings. The van der Waals surface area contributed by atoms with Crippen LogP contribution in [-0.2, 0) is 4.74 Å². The van der Waals surface area contributed by atoms with Crippen LogP contribution in [0.2, 0.25) is 0 Å². The van der Waals surface area contributed by atoms with Gasteiger partial charge in [-0.05, 0) is 39.2 Å². The second-order valence-electron chi connectivity index (χ2n) is 5.30. The van der Waals surface area contributed by atoms with E-state index in [1.807, 2.05) is 0 Å². The highest BCUT2D eigenvalue weighted by atomic mass is 79.9. The van der Waals surface area contributed by atoms with E-state index >= 15 is 0 Å². The SMILES string of the molecule is CC1CCC(CN2CCCCCC2CBr)O1. The summed E-state index contributed by atoms with van der Waals surface area (Å²) in [4.78, 5) is 2.66. The molecule has 0 radical (unpaired) electrons. The van der Waals surface area contributed by atoms with Crippen LogP contribution in [0.4, 0.5) is 0 Å². The third-order valence-corrected chi connectivity index (χ3v) is 4.68. The molecule has 3 atom stereocenters. The molecule has 94 valence electrons. The van der Waals surface area contributed by atoms with Crippen molar-refractivity contribution in [2.45, 2.75) is 63.7 Å². The number of ether oxygens (including phenoxy) is 1. The smallest absolute Gasteiger partial charge is 0.0706 e. The summed E-state index contributed by atoms with van der Waals surface area (Å²) in [6.45, 7) is 4.62. The van der Waals surface area contributed by atoms with Crippen molar-refractivity contribution in [2.75, 3.05) is 18.4 Å². The Morgan fingerprint density at radius 1 is 1.19 bits per heavy atom. The fourth-order valence-electron chi connectivity index (χ4n) is 2.93. The van der Waals surface area contributed by atoms with Crippen LogP contribution in [0.15, 0.2) is 0 Å². The molecule has 0 aromatic carbocycles. The molecule has 0 aliphatic carbocycles. The molecular formula is C13H24BrNO. The fraction of sp³-hybridized carbons (Fsp3) is 1.00. The number of rotatable bonds is 3. The minimum atomic E-state index is 0.486. The predicted molar refractivity (Wildman–Crippen MR) is 71.2 cm³/mol. The van der Waals surface area contributed by atoms with E-state index in [4.69, 9.17) is 4.74 Å². The van der Waals surface area contributed by atoms with Crippen LogP contribution in [-0.4, -0.2) is 41.6 Å². The van der Waals surface area contributed by atoms with E-state index in [9.17, 15) is 0 Å². The molecule has 3 unspecified atom stereocenters. The topological polar surface area (TPSA) is 12.5 Å². The molecule has 2 rings (SSSR count). The first-order chi connectivity index (χ1) is 7.79. The van der Waals surface area contributed by atoms with Gasteiger partial charge in [0, 0.05) is 17.9 Å². The summed E-state index contributed by atoms with van der Waals surface area (Å²) in [5.41, 5.74) is 0. The number of halogens is 1. The van der Waals surface area contributed by atoms with E-state index in [0.29, 0.717) is 12.2 Å². The maximum absolute atomic E-state index is 5.94. The zero-order chi connectivity index (χ0) is 11.4. The third kappa shape index (κ3) is 3.44. The van der Waals surface area contributed by atoms with E-state index in [2.05, 4.69) is 27.8 Å². The fourth-order valence-corrected chi connectivity index (χ4v) is 3.67. The van der Waals surface area contributed by atoms with Gasteiger partial charge in [-0.1, -0.05) is 28.8 Å². The van der Waals surface area contributed by atoms with Crippen LogP contribution in [0, 0.1) is 0 Å². The zero-order valence-electron chi connectivity index (χ0n) is 10.3. The van der Waals surface area contributed by atoms with Gasteiger partial charge in [-0.2, -0.15) is 0 Å². The lowest BCUT2D eigenvalue weighted by Gasteiger charge is -2.30. The molecular weight excluding hydrogens is 266 g/mol. The minimum Gasteiger partial charge on any atom is -0.374 e. The Morgan fingerprint density at radius 3 is 2.75 bits per heavy atom. The van der Waals surface area contributed by atoms with Gasteiger partial charge >= 0.3 is 0 Å². The Bertz CT molecular complexity index is 212. The lowest BCUT2D eigenvalue weighted by molar-refractivity contribution is 0.0243. The first-order valence-corrected chi connectivity index (χ1v) is 7.87. The summed E-state index contributed by atoms with van der Waals surface area (Å²) in [7, 11) is 0. The molecule has 2 nitrogen and oxygen atoms in total. The molecule has 0 N–H and O–H groups in total. The maximum Gasteiger partial charge on any atom is 0.0706 e. The number of hydrogen-bond acceptors (Lipinski definition) is 2. The van der Waals surface area contributed by atoms with Crippen LogP contribution in [0.25, 0.3) is 0 Å². The molecule has 2 fully saturated rings. The van der Waals surface area contributed by atoms with Crippen LogP contribution in [0.5, 0.6) is 0 Å². The van der Waals surface area contributed by atoms with Crippen LogP contribution >= 0.6 is 15.9 Å². The molecule has 0 bridgehead atoms. The van der Waals surface area contributed by atoms with Crippen molar-refractivity contribution in [3.8, 4) is 0 Å². The quantitative estimate of drug-likeness (QED) is 0.740. The van der Waals surface area contributed by atoms with Crippen molar-refractivity contribution in [3.63, 3.8) is 0 Å². The van der Waals surface area contributed by atoms with Gasteiger partial charge in [0.25, 0.3) is 0 Å². The van der Waals surface area contributed by atoms with Gasteiger partial charge in [0.1, 0.15) is 0 Å². The molecule has 0 aromatic rings. The average Bonchev–Trinajstić information content (AvgIpc) is 2.56. The Labute approximate surface area is 108 Å². The van der Waals surface area contributed by atoms with Crippen molar-refractivity contribution >= 4 is 15.9 Å². The largest absolute Gasteiger partial charge is 0.374 e. The van der Waals surface area contributed by atoms with Gasteiger partial charge in [0.15, 0.2) is 0 Å². The molecule has 0 amide bonds. The van der Waals surface area contributed by atoms with Crippen molar-refractivity contribution in [1.82, 2.24) is 4.90 Å². The highest BCUT2D eigenvalue weighted by molar-refractivity contribution is 9.09.